The van der Waals surface area contributed by atoms with E-state index in [1.54, 1.807) is 0 Å². The normalized spacial score (nSPS) is 12.4. The summed E-state index contributed by atoms with van der Waals surface area (Å²) in [5.74, 6) is 3.82. The monoisotopic (exact) mass is 460 g/mol. The first-order valence-electron chi connectivity index (χ1n) is 12.3. The summed E-state index contributed by atoms with van der Waals surface area (Å²) < 4.78 is 0. The summed E-state index contributed by atoms with van der Waals surface area (Å²) >= 11 is 0. The van der Waals surface area contributed by atoms with Gasteiger partial charge >= 0.3 is 0 Å². The van der Waals surface area contributed by atoms with Crippen molar-refractivity contribution < 1.29 is 0 Å². The van der Waals surface area contributed by atoms with Gasteiger partial charge in [0.25, 0.3) is 0 Å². The Balaban J connectivity index is 1.91. The second-order valence-corrected chi connectivity index (χ2v) is 16.1. The van der Waals surface area contributed by atoms with Crippen molar-refractivity contribution in [2.24, 2.45) is 0 Å². The highest BCUT2D eigenvalue weighted by atomic mass is 28.3. The fourth-order valence-corrected chi connectivity index (χ4v) is 11.2. The highest BCUT2D eigenvalue weighted by molar-refractivity contribution is 6.90. The molecule has 5 rings (SSSR count). The van der Waals surface area contributed by atoms with Crippen molar-refractivity contribution in [3.8, 4) is 11.5 Å². The summed E-state index contributed by atoms with van der Waals surface area (Å²) in [5, 5.41) is 9.61. The number of nitrogens with zero attached hydrogens (tertiary/aromatic N) is 2. The lowest BCUT2D eigenvalue weighted by atomic mass is 9.93. The molecule has 0 aliphatic carbocycles. The molecule has 3 aromatic carbocycles. The third kappa shape index (κ3) is 3.58. The SMILES string of the molecule is CC(C)[Si](C#Cc1c2cc3ccncc3cc2cc2cc3ccncc3cc12)(C(C)C)C(C)C. The smallest absolute Gasteiger partial charge is 0.146 e. The van der Waals surface area contributed by atoms with Crippen LogP contribution in [0.3, 0.4) is 0 Å². The lowest BCUT2D eigenvalue weighted by Crippen LogP contribution is -2.43. The fraction of sp³-hybridized carbons (Fsp3) is 0.290. The van der Waals surface area contributed by atoms with Crippen LogP contribution in [-0.2, 0) is 0 Å². The van der Waals surface area contributed by atoms with Crippen LogP contribution in [0.15, 0.2) is 67.3 Å². The first kappa shape index (κ1) is 22.6. The van der Waals surface area contributed by atoms with E-state index in [1.807, 2.05) is 24.8 Å². The van der Waals surface area contributed by atoms with Crippen molar-refractivity contribution in [2.45, 2.75) is 58.2 Å². The van der Waals surface area contributed by atoms with Crippen molar-refractivity contribution in [3.63, 3.8) is 0 Å². The second-order valence-electron chi connectivity index (χ2n) is 10.5. The number of fused-ring (bicyclic) bond motifs is 4. The minimum Gasteiger partial charge on any atom is -0.264 e. The van der Waals surface area contributed by atoms with Crippen molar-refractivity contribution in [1.29, 1.82) is 0 Å². The molecule has 5 aromatic rings. The van der Waals surface area contributed by atoms with Crippen LogP contribution >= 0.6 is 0 Å². The first-order valence-corrected chi connectivity index (χ1v) is 14.6. The van der Waals surface area contributed by atoms with E-state index in [0.29, 0.717) is 16.6 Å². The second kappa shape index (κ2) is 8.53. The Hall–Kier alpha value is -3.22. The van der Waals surface area contributed by atoms with E-state index in [1.165, 1.54) is 32.3 Å². The van der Waals surface area contributed by atoms with Gasteiger partial charge in [0.2, 0.25) is 0 Å². The van der Waals surface area contributed by atoms with Crippen molar-refractivity contribution >= 4 is 51.2 Å². The average Bonchev–Trinajstić information content (AvgIpc) is 2.80. The van der Waals surface area contributed by atoms with E-state index in [9.17, 15) is 0 Å². The Morgan fingerprint density at radius 3 is 1.59 bits per heavy atom. The van der Waals surface area contributed by atoms with E-state index in [2.05, 4.69) is 105 Å². The molecular weight excluding hydrogens is 428 g/mol. The van der Waals surface area contributed by atoms with Gasteiger partial charge in [-0.15, -0.1) is 5.54 Å². The fourth-order valence-electron chi connectivity index (χ4n) is 6.03. The first-order chi connectivity index (χ1) is 16.3. The van der Waals surface area contributed by atoms with Gasteiger partial charge < -0.3 is 0 Å². The quantitative estimate of drug-likeness (QED) is 0.153. The van der Waals surface area contributed by atoms with Gasteiger partial charge in [0, 0.05) is 41.1 Å². The van der Waals surface area contributed by atoms with E-state index >= 15 is 0 Å². The maximum atomic E-state index is 4.37. The minimum atomic E-state index is -1.88. The summed E-state index contributed by atoms with van der Waals surface area (Å²) in [6.45, 7) is 14.3. The van der Waals surface area contributed by atoms with Gasteiger partial charge in [0.05, 0.1) is 0 Å². The largest absolute Gasteiger partial charge is 0.264 e. The molecule has 3 heteroatoms. The molecule has 0 bridgehead atoms. The van der Waals surface area contributed by atoms with Crippen LogP contribution in [0.2, 0.25) is 16.6 Å². The predicted octanol–water partition coefficient (Wildman–Crippen LogP) is 8.66. The van der Waals surface area contributed by atoms with Crippen LogP contribution < -0.4 is 0 Å². The Morgan fingerprint density at radius 2 is 1.03 bits per heavy atom. The molecule has 0 aliphatic rings. The van der Waals surface area contributed by atoms with E-state index in [4.69, 9.17) is 0 Å². The third-order valence-electron chi connectivity index (χ3n) is 7.74. The number of pyridine rings is 2. The maximum absolute atomic E-state index is 4.37. The Labute approximate surface area is 203 Å². The molecule has 0 N–H and O–H groups in total. The molecule has 0 atom stereocenters. The Kier molecular flexibility index (Phi) is 5.66. The summed E-state index contributed by atoms with van der Waals surface area (Å²) in [5.41, 5.74) is 6.92. The Bertz CT molecular complexity index is 1490. The van der Waals surface area contributed by atoms with Gasteiger partial charge in [-0.3, -0.25) is 9.97 Å². The summed E-state index contributed by atoms with van der Waals surface area (Å²) in [6.07, 6.45) is 7.64. The van der Waals surface area contributed by atoms with E-state index in [-0.39, 0.29) is 0 Å². The number of hydrogen-bond acceptors (Lipinski definition) is 2. The van der Waals surface area contributed by atoms with Crippen LogP contribution in [0.4, 0.5) is 0 Å². The molecule has 0 fully saturated rings. The lowest BCUT2D eigenvalue weighted by Gasteiger charge is -2.38. The standard InChI is InChI=1S/C31H32N2Si/c1-20(2)34(21(3)4,22(5)6)12-9-29-30-16-24-8-11-32-18-27(24)15-26(30)14-25-13-23-7-10-33-19-28(23)17-31(25)29/h7-8,10-11,13-22H,1-6H3. The predicted molar refractivity (Wildman–Crippen MR) is 150 cm³/mol. The van der Waals surface area contributed by atoms with Gasteiger partial charge in [0.15, 0.2) is 0 Å². The molecule has 2 aromatic heterocycles. The van der Waals surface area contributed by atoms with Crippen LogP contribution in [0.5, 0.6) is 0 Å². The molecule has 0 aliphatic heterocycles. The van der Waals surface area contributed by atoms with Crippen LogP contribution in [0.1, 0.15) is 47.1 Å². The van der Waals surface area contributed by atoms with Crippen molar-refractivity contribution in [1.82, 2.24) is 9.97 Å². The summed E-state index contributed by atoms with van der Waals surface area (Å²) in [7, 11) is -1.88. The molecule has 2 heterocycles. The van der Waals surface area contributed by atoms with Crippen LogP contribution in [0.25, 0.3) is 43.1 Å². The molecule has 0 amide bonds. The molecule has 0 spiro atoms. The third-order valence-corrected chi connectivity index (χ3v) is 14.0. The molecule has 0 unspecified atom stereocenters. The Morgan fingerprint density at radius 1 is 0.588 bits per heavy atom. The summed E-state index contributed by atoms with van der Waals surface area (Å²) in [4.78, 5) is 8.71. The summed E-state index contributed by atoms with van der Waals surface area (Å²) in [6, 6.07) is 15.6. The highest BCUT2D eigenvalue weighted by Gasteiger charge is 2.41. The van der Waals surface area contributed by atoms with Gasteiger partial charge in [-0.1, -0.05) is 47.5 Å². The van der Waals surface area contributed by atoms with Gasteiger partial charge in [-0.2, -0.15) is 0 Å². The van der Waals surface area contributed by atoms with Crippen LogP contribution in [-0.4, -0.2) is 18.0 Å². The zero-order chi connectivity index (χ0) is 24.0. The minimum absolute atomic E-state index is 0.596. The topological polar surface area (TPSA) is 25.8 Å². The highest BCUT2D eigenvalue weighted by Crippen LogP contribution is 2.41. The van der Waals surface area contributed by atoms with Crippen molar-refractivity contribution in [3.05, 3.63) is 72.8 Å². The van der Waals surface area contributed by atoms with Crippen LogP contribution in [0, 0.1) is 11.5 Å². The molecule has 2 nitrogen and oxygen atoms in total. The molecule has 170 valence electrons. The van der Waals surface area contributed by atoms with Gasteiger partial charge in [-0.25, -0.2) is 0 Å². The van der Waals surface area contributed by atoms with E-state index < -0.39 is 8.07 Å². The average molecular weight is 461 g/mol. The molecular formula is C31H32N2Si. The molecule has 34 heavy (non-hydrogen) atoms. The zero-order valence-electron chi connectivity index (χ0n) is 21.0. The zero-order valence-corrected chi connectivity index (χ0v) is 22.0. The number of rotatable bonds is 3. The molecule has 0 radical (unpaired) electrons. The lowest BCUT2D eigenvalue weighted by molar-refractivity contribution is 0.838. The molecule has 0 saturated carbocycles. The van der Waals surface area contributed by atoms with E-state index in [0.717, 1.165) is 16.3 Å². The maximum Gasteiger partial charge on any atom is 0.146 e. The van der Waals surface area contributed by atoms with Gasteiger partial charge in [-0.05, 0) is 91.4 Å². The molecule has 0 saturated heterocycles. The number of benzene rings is 3. The van der Waals surface area contributed by atoms with Gasteiger partial charge in [0.1, 0.15) is 8.07 Å². The number of hydrogen-bond donors (Lipinski definition) is 0. The van der Waals surface area contributed by atoms with Crippen molar-refractivity contribution in [2.75, 3.05) is 0 Å². The number of aromatic nitrogens is 2.